The average Bonchev–Trinajstić information content (AvgIpc) is 3.41. The molecule has 2 aromatic rings. The highest BCUT2D eigenvalue weighted by molar-refractivity contribution is 5.85. The van der Waals surface area contributed by atoms with Crippen LogP contribution < -0.4 is 20.4 Å². The van der Waals surface area contributed by atoms with Gasteiger partial charge in [0.15, 0.2) is 17.4 Å². The Morgan fingerprint density at radius 3 is 2.79 bits per heavy atom. The predicted molar refractivity (Wildman–Crippen MR) is 107 cm³/mol. The highest BCUT2D eigenvalue weighted by Crippen LogP contribution is 2.38. The minimum Gasteiger partial charge on any atom is -0.449 e. The number of hydrogen-bond acceptors (Lipinski definition) is 6. The zero-order valence-corrected chi connectivity index (χ0v) is 16.5. The summed E-state index contributed by atoms with van der Waals surface area (Å²) in [6.07, 6.45) is 3.85. The first kappa shape index (κ1) is 19.9. The monoisotopic (exact) mass is 424 g/mol. The second kappa shape index (κ2) is 7.46. The molecule has 4 heterocycles. The smallest absolute Gasteiger partial charge is 0.449 e. The van der Waals surface area contributed by atoms with Gasteiger partial charge in [-0.25, -0.2) is 14.2 Å². The Hall–Kier alpha value is -2.39. The van der Waals surface area contributed by atoms with Gasteiger partial charge in [-0.1, -0.05) is 0 Å². The Kier molecular flexibility index (Phi) is 5.12. The molecule has 0 spiro atoms. The van der Waals surface area contributed by atoms with E-state index in [-0.39, 0.29) is 35.4 Å². The van der Waals surface area contributed by atoms with Gasteiger partial charge in [-0.2, -0.15) is 0 Å². The number of aromatic nitrogens is 2. The van der Waals surface area contributed by atoms with Crippen molar-refractivity contribution in [2.45, 2.75) is 37.8 Å². The van der Waals surface area contributed by atoms with Gasteiger partial charge in [0, 0.05) is 25.2 Å². The van der Waals surface area contributed by atoms with E-state index < -0.39 is 17.4 Å². The van der Waals surface area contributed by atoms with Crippen LogP contribution in [0.4, 0.5) is 15.0 Å². The molecule has 0 aromatic carbocycles. The summed E-state index contributed by atoms with van der Waals surface area (Å²) >= 11 is 0. The number of anilines is 1. The standard InChI is InChI=1S/C19H21FN4O4.ClH/c20-13-6-12-16(25)15(28-19(26)27)9-24(11-3-4-11)17(12)22-18(13)23-7-10-2-1-5-21-14(10)8-23;/h6,9-11,14,21H,1-5,7-8H2,(H,26,27);1H/t10-,14+;/m0./s1. The van der Waals surface area contributed by atoms with Crippen LogP contribution in [0.1, 0.15) is 31.7 Å². The Morgan fingerprint density at radius 2 is 2.10 bits per heavy atom. The molecule has 10 heteroatoms. The maximum atomic E-state index is 14.9. The summed E-state index contributed by atoms with van der Waals surface area (Å²) in [6, 6.07) is 1.62. The minimum absolute atomic E-state index is 0. The molecule has 0 amide bonds. The van der Waals surface area contributed by atoms with Crippen molar-refractivity contribution in [2.75, 3.05) is 24.5 Å². The van der Waals surface area contributed by atoms with Crippen molar-refractivity contribution in [2.24, 2.45) is 5.92 Å². The molecule has 1 aliphatic carbocycles. The number of piperidine rings is 1. The zero-order chi connectivity index (χ0) is 19.4. The lowest BCUT2D eigenvalue weighted by atomic mass is 9.94. The van der Waals surface area contributed by atoms with Gasteiger partial charge in [0.05, 0.1) is 11.6 Å². The Balaban J connectivity index is 0.00000205. The number of halogens is 2. The molecule has 0 bridgehead atoms. The van der Waals surface area contributed by atoms with E-state index in [1.807, 2.05) is 4.90 Å². The van der Waals surface area contributed by atoms with Gasteiger partial charge in [0.1, 0.15) is 5.65 Å². The predicted octanol–water partition coefficient (Wildman–Crippen LogP) is 2.54. The number of nitrogens with zero attached hydrogens (tertiary/aromatic N) is 3. The molecule has 2 atom stereocenters. The molecule has 2 saturated heterocycles. The number of rotatable bonds is 3. The number of pyridine rings is 2. The van der Waals surface area contributed by atoms with Crippen LogP contribution >= 0.6 is 12.4 Å². The second-order valence-electron chi connectivity index (χ2n) is 7.86. The maximum absolute atomic E-state index is 14.9. The SMILES string of the molecule is Cl.O=C(O)Oc1cn(C2CC2)c2nc(N3C[C@@H]4CCCN[C@@H]4C3)c(F)cc2c1=O. The van der Waals surface area contributed by atoms with Crippen molar-refractivity contribution in [3.05, 3.63) is 28.3 Å². The van der Waals surface area contributed by atoms with Crippen molar-refractivity contribution >= 4 is 35.4 Å². The molecular weight excluding hydrogens is 403 g/mol. The van der Waals surface area contributed by atoms with Crippen LogP contribution in [0.25, 0.3) is 11.0 Å². The number of carboxylic acid groups (broad SMARTS) is 1. The summed E-state index contributed by atoms with van der Waals surface area (Å²) in [4.78, 5) is 30.0. The first-order valence-corrected chi connectivity index (χ1v) is 9.66. The van der Waals surface area contributed by atoms with Crippen LogP contribution in [-0.2, 0) is 0 Å². The third-order valence-corrected chi connectivity index (χ3v) is 5.94. The quantitative estimate of drug-likeness (QED) is 0.731. The molecule has 0 unspecified atom stereocenters. The third-order valence-electron chi connectivity index (χ3n) is 5.94. The lowest BCUT2D eigenvalue weighted by Crippen LogP contribution is -2.40. The van der Waals surface area contributed by atoms with E-state index in [4.69, 9.17) is 5.11 Å². The molecule has 1 saturated carbocycles. The summed E-state index contributed by atoms with van der Waals surface area (Å²) in [5.74, 6) is -0.165. The molecular formula is C19H22ClFN4O4. The van der Waals surface area contributed by atoms with E-state index >= 15 is 0 Å². The highest BCUT2D eigenvalue weighted by Gasteiger charge is 2.36. The summed E-state index contributed by atoms with van der Waals surface area (Å²) in [7, 11) is 0. The fourth-order valence-corrected chi connectivity index (χ4v) is 4.45. The molecule has 3 fully saturated rings. The average molecular weight is 425 g/mol. The van der Waals surface area contributed by atoms with Crippen LogP contribution in [0, 0.1) is 11.7 Å². The lowest BCUT2D eigenvalue weighted by Gasteiger charge is -2.24. The summed E-state index contributed by atoms with van der Waals surface area (Å²) in [5.41, 5.74) is -0.284. The zero-order valence-electron chi connectivity index (χ0n) is 15.6. The van der Waals surface area contributed by atoms with E-state index in [2.05, 4.69) is 15.0 Å². The number of hydrogen-bond donors (Lipinski definition) is 2. The van der Waals surface area contributed by atoms with Crippen molar-refractivity contribution in [1.82, 2.24) is 14.9 Å². The van der Waals surface area contributed by atoms with Gasteiger partial charge in [0.25, 0.3) is 0 Å². The first-order valence-electron chi connectivity index (χ1n) is 9.66. The first-order chi connectivity index (χ1) is 13.5. The summed E-state index contributed by atoms with van der Waals surface area (Å²) < 4.78 is 21.3. The molecule has 8 nitrogen and oxygen atoms in total. The van der Waals surface area contributed by atoms with Crippen LogP contribution in [-0.4, -0.2) is 46.5 Å². The Bertz CT molecular complexity index is 1010. The van der Waals surface area contributed by atoms with Gasteiger partial charge in [-0.05, 0) is 44.2 Å². The van der Waals surface area contributed by atoms with E-state index in [9.17, 15) is 14.0 Å². The molecule has 5 rings (SSSR count). The van der Waals surface area contributed by atoms with Crippen molar-refractivity contribution < 1.29 is 19.0 Å². The Labute approximate surface area is 172 Å². The van der Waals surface area contributed by atoms with Crippen molar-refractivity contribution in [3.8, 4) is 5.75 Å². The van der Waals surface area contributed by atoms with Crippen LogP contribution in [0.3, 0.4) is 0 Å². The normalized spacial score (nSPS) is 23.6. The molecule has 0 radical (unpaired) electrons. The van der Waals surface area contributed by atoms with Crippen molar-refractivity contribution in [1.29, 1.82) is 0 Å². The number of nitrogens with one attached hydrogen (secondary N) is 1. The minimum atomic E-state index is -1.57. The summed E-state index contributed by atoms with van der Waals surface area (Å²) in [6.45, 7) is 2.41. The molecule has 2 N–H and O–H groups in total. The lowest BCUT2D eigenvalue weighted by molar-refractivity contribution is 0.143. The molecule has 156 valence electrons. The van der Waals surface area contributed by atoms with Gasteiger partial charge in [-0.3, -0.25) is 4.79 Å². The molecule has 29 heavy (non-hydrogen) atoms. The van der Waals surface area contributed by atoms with Gasteiger partial charge < -0.3 is 24.6 Å². The van der Waals surface area contributed by atoms with Gasteiger partial charge in [0.2, 0.25) is 5.43 Å². The summed E-state index contributed by atoms with van der Waals surface area (Å²) in [5, 5.41) is 12.4. The Morgan fingerprint density at radius 1 is 1.31 bits per heavy atom. The van der Waals surface area contributed by atoms with Crippen molar-refractivity contribution in [3.63, 3.8) is 0 Å². The number of carbonyl (C=O) groups is 1. The maximum Gasteiger partial charge on any atom is 0.511 e. The molecule has 2 aliphatic heterocycles. The number of fused-ring (bicyclic) bond motifs is 2. The van der Waals surface area contributed by atoms with E-state index in [0.717, 1.165) is 38.8 Å². The van der Waals surface area contributed by atoms with E-state index in [1.165, 1.54) is 12.3 Å². The van der Waals surface area contributed by atoms with Gasteiger partial charge in [-0.15, -0.1) is 12.4 Å². The van der Waals surface area contributed by atoms with Crippen LogP contribution in [0.2, 0.25) is 0 Å². The second-order valence-corrected chi connectivity index (χ2v) is 7.86. The topological polar surface area (TPSA) is 96.7 Å². The fraction of sp³-hybridized carbons (Fsp3) is 0.526. The van der Waals surface area contributed by atoms with E-state index in [1.54, 1.807) is 4.57 Å². The van der Waals surface area contributed by atoms with Crippen LogP contribution in [0.15, 0.2) is 17.1 Å². The van der Waals surface area contributed by atoms with Gasteiger partial charge >= 0.3 is 6.16 Å². The largest absolute Gasteiger partial charge is 0.511 e. The molecule has 3 aliphatic rings. The third kappa shape index (κ3) is 3.53. The number of ether oxygens (including phenoxy) is 1. The van der Waals surface area contributed by atoms with E-state index in [0.29, 0.717) is 24.2 Å². The fourth-order valence-electron chi connectivity index (χ4n) is 4.45. The highest BCUT2D eigenvalue weighted by atomic mass is 35.5. The van der Waals surface area contributed by atoms with Crippen LogP contribution in [0.5, 0.6) is 5.75 Å². The molecule has 2 aromatic heterocycles.